The highest BCUT2D eigenvalue weighted by Gasteiger charge is 2.42. The number of nitrogens with two attached hydrogens (primary N) is 1. The van der Waals surface area contributed by atoms with Gasteiger partial charge >= 0.3 is 0 Å². The van der Waals surface area contributed by atoms with E-state index in [1.807, 2.05) is 13.0 Å². The van der Waals surface area contributed by atoms with Crippen molar-refractivity contribution in [3.05, 3.63) is 29.6 Å². The fraction of sp³-hybridized carbons (Fsp3) is 0.600. The van der Waals surface area contributed by atoms with E-state index in [0.717, 1.165) is 31.2 Å². The van der Waals surface area contributed by atoms with E-state index in [9.17, 15) is 9.50 Å². The summed E-state index contributed by atoms with van der Waals surface area (Å²) in [5.41, 5.74) is 7.52. The molecule has 0 aliphatic carbocycles. The Morgan fingerprint density at radius 1 is 1.32 bits per heavy atom. The molecule has 2 aliphatic rings. The number of aliphatic hydroxyl groups is 1. The third-order valence-corrected chi connectivity index (χ3v) is 4.47. The van der Waals surface area contributed by atoms with E-state index in [1.54, 1.807) is 6.07 Å². The summed E-state index contributed by atoms with van der Waals surface area (Å²) in [6.07, 6.45) is 3.31. The maximum absolute atomic E-state index is 14.3. The zero-order chi connectivity index (χ0) is 13.6. The van der Waals surface area contributed by atoms with Crippen molar-refractivity contribution in [2.75, 3.05) is 4.90 Å². The quantitative estimate of drug-likeness (QED) is 0.862. The lowest BCUT2D eigenvalue weighted by Crippen LogP contribution is -2.45. The van der Waals surface area contributed by atoms with E-state index >= 15 is 0 Å². The molecule has 4 heteroatoms. The van der Waals surface area contributed by atoms with E-state index in [2.05, 4.69) is 4.90 Å². The summed E-state index contributed by atoms with van der Waals surface area (Å²) in [7, 11) is 0. The van der Waals surface area contributed by atoms with Crippen LogP contribution in [0.5, 0.6) is 0 Å². The van der Waals surface area contributed by atoms with Crippen LogP contribution in [0.25, 0.3) is 0 Å². The number of hydrogen-bond acceptors (Lipinski definition) is 3. The molecular formula is C15H21FN2O. The summed E-state index contributed by atoms with van der Waals surface area (Å²) in [6.45, 7) is 1.89. The molecule has 0 aromatic heterocycles. The molecular weight excluding hydrogens is 243 g/mol. The zero-order valence-corrected chi connectivity index (χ0v) is 11.2. The number of nitrogens with zero attached hydrogens (tertiary/aromatic N) is 1. The minimum absolute atomic E-state index is 0.183. The molecule has 0 saturated carbocycles. The first-order valence-electron chi connectivity index (χ1n) is 7.08. The van der Waals surface area contributed by atoms with Crippen molar-refractivity contribution in [2.24, 2.45) is 5.73 Å². The molecule has 2 bridgehead atoms. The van der Waals surface area contributed by atoms with Gasteiger partial charge in [0.2, 0.25) is 0 Å². The van der Waals surface area contributed by atoms with Gasteiger partial charge in [0, 0.05) is 18.1 Å². The Kier molecular flexibility index (Phi) is 3.23. The maximum atomic E-state index is 14.3. The molecule has 2 unspecified atom stereocenters. The van der Waals surface area contributed by atoms with Gasteiger partial charge in [0.05, 0.1) is 11.8 Å². The average molecular weight is 264 g/mol. The van der Waals surface area contributed by atoms with Gasteiger partial charge in [0.15, 0.2) is 0 Å². The number of fused-ring (bicyclic) bond motifs is 2. The van der Waals surface area contributed by atoms with Crippen molar-refractivity contribution in [3.8, 4) is 0 Å². The lowest BCUT2D eigenvalue weighted by Gasteiger charge is -2.40. The molecule has 2 saturated heterocycles. The average Bonchev–Trinajstić information content (AvgIpc) is 2.61. The molecule has 3 N–H and O–H groups in total. The molecule has 2 heterocycles. The van der Waals surface area contributed by atoms with Crippen LogP contribution < -0.4 is 10.6 Å². The highest BCUT2D eigenvalue weighted by atomic mass is 19.1. The Morgan fingerprint density at radius 3 is 2.53 bits per heavy atom. The number of rotatable bonds is 2. The largest absolute Gasteiger partial charge is 0.393 e. The highest BCUT2D eigenvalue weighted by molar-refractivity contribution is 5.59. The minimum Gasteiger partial charge on any atom is -0.393 e. The van der Waals surface area contributed by atoms with Gasteiger partial charge in [0.1, 0.15) is 5.82 Å². The first-order chi connectivity index (χ1) is 9.08. The van der Waals surface area contributed by atoms with Gasteiger partial charge in [-0.15, -0.1) is 0 Å². The number of piperidine rings is 1. The fourth-order valence-corrected chi connectivity index (χ4v) is 3.69. The normalized spacial score (nSPS) is 31.6. The van der Waals surface area contributed by atoms with Crippen molar-refractivity contribution >= 4 is 5.69 Å². The molecule has 2 aliphatic heterocycles. The predicted molar refractivity (Wildman–Crippen MR) is 73.5 cm³/mol. The van der Waals surface area contributed by atoms with Crippen LogP contribution in [0.3, 0.4) is 0 Å². The second-order valence-electron chi connectivity index (χ2n) is 5.88. The number of aliphatic hydroxyl groups excluding tert-OH is 1. The van der Waals surface area contributed by atoms with Crippen molar-refractivity contribution < 1.29 is 9.50 Å². The van der Waals surface area contributed by atoms with Gasteiger partial charge in [0.25, 0.3) is 0 Å². The Balaban J connectivity index is 2.03. The summed E-state index contributed by atoms with van der Waals surface area (Å²) < 4.78 is 14.3. The number of para-hydroxylation sites is 1. The lowest BCUT2D eigenvalue weighted by atomic mass is 9.96. The second kappa shape index (κ2) is 4.76. The minimum atomic E-state index is -0.237. The summed E-state index contributed by atoms with van der Waals surface area (Å²) in [5.74, 6) is -0.192. The fourth-order valence-electron chi connectivity index (χ4n) is 3.69. The molecule has 0 radical (unpaired) electrons. The van der Waals surface area contributed by atoms with Crippen LogP contribution in [-0.2, 0) is 0 Å². The number of anilines is 1. The Bertz CT molecular complexity index is 463. The van der Waals surface area contributed by atoms with Crippen LogP contribution in [0.2, 0.25) is 0 Å². The standard InChI is InChI=1S/C15H21FN2O/c1-9(17)13-3-2-4-14(16)15(13)18-10-5-6-11(18)8-12(19)7-10/h2-4,9-12,19H,5-8,17H2,1H3/t9-,10?,11?,12?/m1/s1. The Hall–Kier alpha value is -1.13. The van der Waals surface area contributed by atoms with E-state index in [4.69, 9.17) is 5.73 Å². The van der Waals surface area contributed by atoms with Crippen LogP contribution in [-0.4, -0.2) is 23.3 Å². The summed E-state index contributed by atoms with van der Waals surface area (Å²) in [6, 6.07) is 5.46. The van der Waals surface area contributed by atoms with Gasteiger partial charge in [-0.2, -0.15) is 0 Å². The number of hydrogen-bond donors (Lipinski definition) is 2. The first kappa shape index (κ1) is 12.9. The van der Waals surface area contributed by atoms with Gasteiger partial charge in [-0.1, -0.05) is 12.1 Å². The van der Waals surface area contributed by atoms with E-state index < -0.39 is 0 Å². The third kappa shape index (κ3) is 2.13. The SMILES string of the molecule is C[C@@H](N)c1cccc(F)c1N1C2CCC1CC(O)C2. The molecule has 2 fully saturated rings. The number of benzene rings is 1. The summed E-state index contributed by atoms with van der Waals surface area (Å²) in [5, 5.41) is 9.86. The Labute approximate surface area is 113 Å². The lowest BCUT2D eigenvalue weighted by molar-refractivity contribution is 0.126. The van der Waals surface area contributed by atoms with Crippen molar-refractivity contribution in [2.45, 2.75) is 56.8 Å². The van der Waals surface area contributed by atoms with Gasteiger partial charge < -0.3 is 15.7 Å². The van der Waals surface area contributed by atoms with Crippen molar-refractivity contribution in [1.82, 2.24) is 0 Å². The predicted octanol–water partition coefficient (Wildman–Crippen LogP) is 2.34. The molecule has 104 valence electrons. The highest BCUT2D eigenvalue weighted by Crippen LogP contribution is 2.42. The van der Waals surface area contributed by atoms with Crippen LogP contribution in [0.15, 0.2) is 18.2 Å². The zero-order valence-electron chi connectivity index (χ0n) is 11.2. The van der Waals surface area contributed by atoms with Gasteiger partial charge in [-0.05, 0) is 44.2 Å². The maximum Gasteiger partial charge on any atom is 0.146 e. The van der Waals surface area contributed by atoms with Crippen LogP contribution in [0.1, 0.15) is 44.2 Å². The van der Waals surface area contributed by atoms with Crippen LogP contribution in [0, 0.1) is 5.82 Å². The topological polar surface area (TPSA) is 49.5 Å². The molecule has 3 rings (SSSR count). The van der Waals surface area contributed by atoms with Crippen LogP contribution in [0.4, 0.5) is 10.1 Å². The van der Waals surface area contributed by atoms with E-state index in [-0.39, 0.29) is 30.0 Å². The summed E-state index contributed by atoms with van der Waals surface area (Å²) in [4.78, 5) is 2.18. The molecule has 0 spiro atoms. The molecule has 19 heavy (non-hydrogen) atoms. The Morgan fingerprint density at radius 2 is 1.95 bits per heavy atom. The van der Waals surface area contributed by atoms with Gasteiger partial charge in [-0.3, -0.25) is 0 Å². The van der Waals surface area contributed by atoms with E-state index in [0.29, 0.717) is 5.69 Å². The van der Waals surface area contributed by atoms with Crippen molar-refractivity contribution in [3.63, 3.8) is 0 Å². The van der Waals surface area contributed by atoms with Gasteiger partial charge in [-0.25, -0.2) is 4.39 Å². The molecule has 3 nitrogen and oxygen atoms in total. The molecule has 3 atom stereocenters. The second-order valence-corrected chi connectivity index (χ2v) is 5.88. The smallest absolute Gasteiger partial charge is 0.146 e. The monoisotopic (exact) mass is 264 g/mol. The molecule has 1 aromatic carbocycles. The third-order valence-electron chi connectivity index (χ3n) is 4.47. The summed E-state index contributed by atoms with van der Waals surface area (Å²) >= 11 is 0. The van der Waals surface area contributed by atoms with Crippen LogP contribution >= 0.6 is 0 Å². The van der Waals surface area contributed by atoms with E-state index in [1.165, 1.54) is 6.07 Å². The number of halogens is 1. The first-order valence-corrected chi connectivity index (χ1v) is 7.08. The molecule has 0 amide bonds. The molecule has 1 aromatic rings. The van der Waals surface area contributed by atoms with Crippen molar-refractivity contribution in [1.29, 1.82) is 0 Å².